The van der Waals surface area contributed by atoms with Crippen molar-refractivity contribution in [2.24, 2.45) is 0 Å². The zero-order valence-electron chi connectivity index (χ0n) is 49.6. The van der Waals surface area contributed by atoms with E-state index in [1.54, 1.807) is 0 Å². The van der Waals surface area contributed by atoms with Gasteiger partial charge in [0.2, 0.25) is 0 Å². The highest BCUT2D eigenvalue weighted by Gasteiger charge is 2.18. The van der Waals surface area contributed by atoms with Crippen LogP contribution in [-0.2, 0) is 32.0 Å². The van der Waals surface area contributed by atoms with Gasteiger partial charge in [-0.1, -0.05) is 140 Å². The first-order valence-corrected chi connectivity index (χ1v) is 29.4. The molecule has 0 aliphatic heterocycles. The van der Waals surface area contributed by atoms with E-state index < -0.39 is 0 Å². The predicted molar refractivity (Wildman–Crippen MR) is 326 cm³/mol. The second kappa shape index (κ2) is 31.8. The lowest BCUT2D eigenvalue weighted by molar-refractivity contribution is -0.698. The first-order valence-electron chi connectivity index (χ1n) is 29.4. The third-order valence-corrected chi connectivity index (χ3v) is 14.3. The summed E-state index contributed by atoms with van der Waals surface area (Å²) in [4.78, 5) is 0. The molecular weight excluding hydrogens is 1030 g/mol. The van der Waals surface area contributed by atoms with Gasteiger partial charge in [0.05, 0.1) is 39.6 Å². The maximum atomic E-state index is 6.27. The zero-order valence-corrected chi connectivity index (χ0v) is 49.6. The molecular formula is C70H86N2O10+2. The number of pyridine rings is 2. The molecule has 2 heterocycles. The van der Waals surface area contributed by atoms with Crippen molar-refractivity contribution in [2.45, 2.75) is 92.2 Å². The van der Waals surface area contributed by atoms with Gasteiger partial charge < -0.3 is 47.4 Å². The van der Waals surface area contributed by atoms with E-state index in [4.69, 9.17) is 47.4 Å². The Morgan fingerprint density at radius 1 is 0.268 bits per heavy atom. The highest BCUT2D eigenvalue weighted by atomic mass is 16.6. The Morgan fingerprint density at radius 3 is 0.780 bits per heavy atom. The van der Waals surface area contributed by atoms with Crippen LogP contribution in [0.25, 0.3) is 32.7 Å². The van der Waals surface area contributed by atoms with Gasteiger partial charge in [0.15, 0.2) is 37.9 Å². The van der Waals surface area contributed by atoms with Crippen molar-refractivity contribution in [3.8, 4) is 45.6 Å². The molecule has 82 heavy (non-hydrogen) atoms. The SMILES string of the molecule is CC(C)c1cccc(C(C)C)c1OCCOCCOc1cccc2c(OCCOCC[n+]3ccc(-c4cc[n+](CCOCCOc5cccc6c(OCCOCCOc7c(C(C)C)cccc7C(C)C)cccc56)cc4)cc3)cccc12. The highest BCUT2D eigenvalue weighted by Crippen LogP contribution is 2.37. The lowest BCUT2D eigenvalue weighted by atomic mass is 9.94. The molecule has 0 aliphatic rings. The molecule has 0 fully saturated rings. The second-order valence-electron chi connectivity index (χ2n) is 21.6. The molecule has 0 saturated heterocycles. The summed E-state index contributed by atoms with van der Waals surface area (Å²) in [5.74, 6) is 6.72. The van der Waals surface area contributed by atoms with Crippen LogP contribution >= 0.6 is 0 Å². The summed E-state index contributed by atoms with van der Waals surface area (Å²) in [7, 11) is 0. The van der Waals surface area contributed by atoms with Crippen molar-refractivity contribution in [2.75, 3.05) is 92.5 Å². The summed E-state index contributed by atoms with van der Waals surface area (Å²) in [6, 6.07) is 45.6. The van der Waals surface area contributed by atoms with E-state index in [1.807, 2.05) is 48.5 Å². The Kier molecular flexibility index (Phi) is 23.6. The fourth-order valence-electron chi connectivity index (χ4n) is 9.90. The molecule has 12 heteroatoms. The van der Waals surface area contributed by atoms with Gasteiger partial charge in [0, 0.05) is 45.8 Å². The Balaban J connectivity index is 0.673. The number of hydrogen-bond donors (Lipinski definition) is 0. The average Bonchev–Trinajstić information content (AvgIpc) is 3.67. The van der Waals surface area contributed by atoms with Crippen LogP contribution in [0, 0.1) is 0 Å². The fraction of sp³-hybridized carbons (Fsp3) is 0.400. The van der Waals surface area contributed by atoms with Gasteiger partial charge in [-0.2, -0.15) is 0 Å². The first kappa shape index (κ1) is 60.9. The van der Waals surface area contributed by atoms with Crippen LogP contribution in [0.2, 0.25) is 0 Å². The molecule has 0 saturated carbocycles. The Morgan fingerprint density at radius 2 is 0.512 bits per heavy atom. The van der Waals surface area contributed by atoms with E-state index in [2.05, 4.69) is 174 Å². The van der Waals surface area contributed by atoms with Crippen molar-refractivity contribution < 1.29 is 56.5 Å². The van der Waals surface area contributed by atoms with E-state index in [0.717, 1.165) is 80.3 Å². The van der Waals surface area contributed by atoms with Crippen molar-refractivity contribution in [3.05, 3.63) is 181 Å². The van der Waals surface area contributed by atoms with Crippen LogP contribution in [0.1, 0.15) is 101 Å². The molecule has 0 aliphatic carbocycles. The average molecular weight is 1120 g/mol. The molecule has 8 rings (SSSR count). The standard InChI is InChI=1S/C70H86N2O10/c1-51(2)57-15-9-16-58(52(3)4)69(57)81-49-43-75-41-47-79-67-25-13-19-61-63(67)21-11-23-65(61)77-45-39-73-37-35-71-31-27-55(28-32-71)56-29-33-72(34-30-56)36-38-74-40-46-78-66-24-12-22-64-62(66)20-14-26-68(64)80-48-42-76-44-50-82-70-59(53(5)6)17-10-18-60(70)54(7)8/h9-34,51-54H,35-50H2,1-8H3/q+2. The van der Waals surface area contributed by atoms with Crippen LogP contribution < -0.4 is 37.6 Å². The monoisotopic (exact) mass is 1110 g/mol. The summed E-state index contributed by atoms with van der Waals surface area (Å²) in [6.45, 7) is 25.8. The van der Waals surface area contributed by atoms with Gasteiger partial charge in [-0.05, 0) is 81.3 Å². The molecule has 8 aromatic rings. The number of ether oxygens (including phenoxy) is 10. The maximum absolute atomic E-state index is 6.27. The number of rotatable bonds is 35. The molecule has 434 valence electrons. The van der Waals surface area contributed by atoms with E-state index in [1.165, 1.54) is 22.3 Å². The van der Waals surface area contributed by atoms with Crippen molar-refractivity contribution in [1.82, 2.24) is 0 Å². The number of fused-ring (bicyclic) bond motifs is 2. The second-order valence-corrected chi connectivity index (χ2v) is 21.6. The Hall–Kier alpha value is -7.22. The molecule has 0 unspecified atom stereocenters. The lowest BCUT2D eigenvalue weighted by Gasteiger charge is -2.20. The molecule has 6 aromatic carbocycles. The van der Waals surface area contributed by atoms with E-state index >= 15 is 0 Å². The fourth-order valence-corrected chi connectivity index (χ4v) is 9.90. The molecule has 0 atom stereocenters. The molecule has 0 radical (unpaired) electrons. The van der Waals surface area contributed by atoms with Crippen LogP contribution in [0.3, 0.4) is 0 Å². The number of aromatic nitrogens is 2. The molecule has 12 nitrogen and oxygen atoms in total. The smallest absolute Gasteiger partial charge is 0.171 e. The lowest BCUT2D eigenvalue weighted by Crippen LogP contribution is -2.35. The van der Waals surface area contributed by atoms with E-state index in [-0.39, 0.29) is 0 Å². The van der Waals surface area contributed by atoms with E-state index in [9.17, 15) is 0 Å². The number of benzene rings is 6. The summed E-state index contributed by atoms with van der Waals surface area (Å²) in [5, 5.41) is 3.98. The summed E-state index contributed by atoms with van der Waals surface area (Å²) in [6.07, 6.45) is 8.37. The molecule has 0 spiro atoms. The largest absolute Gasteiger partial charge is 0.491 e. The van der Waals surface area contributed by atoms with Crippen molar-refractivity contribution in [3.63, 3.8) is 0 Å². The van der Waals surface area contributed by atoms with Crippen LogP contribution in [0.4, 0.5) is 0 Å². The molecule has 0 N–H and O–H groups in total. The van der Waals surface area contributed by atoms with Crippen molar-refractivity contribution in [1.29, 1.82) is 0 Å². The minimum atomic E-state index is 0.385. The van der Waals surface area contributed by atoms with Crippen molar-refractivity contribution >= 4 is 21.5 Å². The van der Waals surface area contributed by atoms with Gasteiger partial charge in [0.1, 0.15) is 87.4 Å². The molecule has 0 bridgehead atoms. The Bertz CT molecular complexity index is 2930. The Labute approximate surface area is 486 Å². The number of para-hydroxylation sites is 2. The topological polar surface area (TPSA) is 100 Å². The van der Waals surface area contributed by atoms with Gasteiger partial charge in [-0.15, -0.1) is 0 Å². The number of nitrogens with zero attached hydrogens (tertiary/aromatic N) is 2. The van der Waals surface area contributed by atoms with Crippen LogP contribution in [0.15, 0.2) is 158 Å². The zero-order chi connectivity index (χ0) is 57.5. The minimum absolute atomic E-state index is 0.385. The molecule has 2 aromatic heterocycles. The van der Waals surface area contributed by atoms with Gasteiger partial charge in [0.25, 0.3) is 0 Å². The minimum Gasteiger partial charge on any atom is -0.491 e. The van der Waals surface area contributed by atoms with Gasteiger partial charge >= 0.3 is 0 Å². The maximum Gasteiger partial charge on any atom is 0.171 e. The van der Waals surface area contributed by atoms with Crippen LogP contribution in [0.5, 0.6) is 34.5 Å². The summed E-state index contributed by atoms with van der Waals surface area (Å²) >= 11 is 0. The molecule has 0 amide bonds. The quantitative estimate of drug-likeness (QED) is 0.0282. The summed E-state index contributed by atoms with van der Waals surface area (Å²) in [5.41, 5.74) is 7.23. The third-order valence-electron chi connectivity index (χ3n) is 14.3. The number of hydrogen-bond acceptors (Lipinski definition) is 10. The first-order chi connectivity index (χ1) is 40.0. The summed E-state index contributed by atoms with van der Waals surface area (Å²) < 4.78 is 65.4. The third kappa shape index (κ3) is 17.4. The van der Waals surface area contributed by atoms with Crippen LogP contribution in [-0.4, -0.2) is 92.5 Å². The highest BCUT2D eigenvalue weighted by molar-refractivity contribution is 5.94. The van der Waals surface area contributed by atoms with Gasteiger partial charge in [-0.25, -0.2) is 9.13 Å². The van der Waals surface area contributed by atoms with Gasteiger partial charge in [-0.3, -0.25) is 0 Å². The normalized spacial score (nSPS) is 11.6. The predicted octanol–water partition coefficient (Wildman–Crippen LogP) is 13.9. The van der Waals surface area contributed by atoms with E-state index in [0.29, 0.717) is 116 Å².